The van der Waals surface area contributed by atoms with Crippen molar-refractivity contribution in [2.45, 2.75) is 0 Å². The molecule has 1 rings (SSSR count). The minimum absolute atomic E-state index is 0.590. The van der Waals surface area contributed by atoms with E-state index < -0.39 is 0 Å². The first kappa shape index (κ1) is 6.78. The fourth-order valence-corrected chi connectivity index (χ4v) is 69.5. The van der Waals surface area contributed by atoms with Crippen molar-refractivity contribution in [3.63, 3.8) is 0 Å². The zero-order chi connectivity index (χ0) is 4.24. The molecule has 0 atom stereocenters. The molecular formula is C2H2I4. The first-order valence-corrected chi connectivity index (χ1v) is 18.7. The average molecular weight is 534 g/mol. The second-order valence-corrected chi connectivity index (χ2v) is 32.0. The van der Waals surface area contributed by atoms with Gasteiger partial charge in [-0.05, 0) is 46.0 Å². The monoisotopic (exact) mass is 534 g/mol. The SMILES string of the molecule is C1=IC=II=I1. The smallest absolute Gasteiger partial charge is 0.0107 e. The van der Waals surface area contributed by atoms with E-state index in [0.29, 0.717) is 20.7 Å². The van der Waals surface area contributed by atoms with Crippen LogP contribution < -0.4 is 0 Å². The van der Waals surface area contributed by atoms with Gasteiger partial charge < -0.3 is 0 Å². The topological polar surface area (TPSA) is 0 Å². The van der Waals surface area contributed by atoms with Gasteiger partial charge in [0.2, 0.25) is 0 Å². The lowest BCUT2D eigenvalue weighted by Gasteiger charge is -1.73. The van der Waals surface area contributed by atoms with Crippen LogP contribution in [0.15, 0.2) is 0 Å². The van der Waals surface area contributed by atoms with E-state index in [1.54, 1.807) is 0 Å². The van der Waals surface area contributed by atoms with Crippen molar-refractivity contribution in [3.8, 4) is 0 Å². The maximum absolute atomic E-state index is 2.63. The predicted molar refractivity (Wildman–Crippen MR) is 68.2 cm³/mol. The van der Waals surface area contributed by atoms with E-state index in [4.69, 9.17) is 0 Å². The second-order valence-electron chi connectivity index (χ2n) is 0.510. The van der Waals surface area contributed by atoms with E-state index in [1.807, 2.05) is 0 Å². The molecule has 0 spiro atoms. The van der Waals surface area contributed by atoms with Gasteiger partial charge in [0.25, 0.3) is 0 Å². The Balaban J connectivity index is 2.77. The summed E-state index contributed by atoms with van der Waals surface area (Å²) in [5.74, 6) is 0. The Morgan fingerprint density at radius 3 is 2.33 bits per heavy atom. The van der Waals surface area contributed by atoms with Gasteiger partial charge >= 0.3 is 0 Å². The Labute approximate surface area is 68.7 Å². The Kier molecular flexibility index (Phi) is 5.12. The van der Waals surface area contributed by atoms with Gasteiger partial charge in [0.05, 0.1) is 0 Å². The molecule has 0 aromatic carbocycles. The van der Waals surface area contributed by atoms with Crippen LogP contribution in [0.4, 0.5) is 0 Å². The summed E-state index contributed by atoms with van der Waals surface area (Å²) in [4.78, 5) is 0. The molecule has 0 fully saturated rings. The fourth-order valence-electron chi connectivity index (χ4n) is 0.0956. The highest BCUT2D eigenvalue weighted by Crippen LogP contribution is 2.34. The van der Waals surface area contributed by atoms with Crippen LogP contribution in [0.5, 0.6) is 0 Å². The second kappa shape index (κ2) is 4.53. The van der Waals surface area contributed by atoms with E-state index in [9.17, 15) is 0 Å². The van der Waals surface area contributed by atoms with Crippen LogP contribution >= 0.6 is 66.7 Å². The molecule has 1 aliphatic rings. The summed E-state index contributed by atoms with van der Waals surface area (Å²) in [6, 6.07) is 0. The van der Waals surface area contributed by atoms with Gasteiger partial charge in [-0.3, -0.25) is 0 Å². The largest absolute Gasteiger partial charge is 0.0803 e. The van der Waals surface area contributed by atoms with Crippen LogP contribution in [-0.2, 0) is 0 Å². The van der Waals surface area contributed by atoms with Crippen molar-refractivity contribution >= 4 is 70.7 Å². The van der Waals surface area contributed by atoms with Gasteiger partial charge in [0, 0.05) is 4.04 Å². The lowest BCUT2D eigenvalue weighted by atomic mass is 12.0. The van der Waals surface area contributed by atoms with Crippen molar-refractivity contribution in [1.29, 1.82) is 0 Å². The van der Waals surface area contributed by atoms with Crippen LogP contribution in [-0.4, -0.2) is 4.04 Å². The Hall–Kier alpha value is 2.66. The van der Waals surface area contributed by atoms with Crippen molar-refractivity contribution in [2.24, 2.45) is 0 Å². The molecule has 0 bridgehead atoms. The molecule has 0 aromatic rings. The number of hydrogen-bond acceptors (Lipinski definition) is 0. The third-order valence-electron chi connectivity index (χ3n) is 0.220. The summed E-state index contributed by atoms with van der Waals surface area (Å²) in [5, 5.41) is 0. The third kappa shape index (κ3) is 2.84. The highest BCUT2D eigenvalue weighted by Gasteiger charge is 1.69. The fraction of sp³-hybridized carbons (Fsp3) is 0. The maximum Gasteiger partial charge on any atom is 0.0107 e. The first-order chi connectivity index (χ1) is 3.00. The standard InChI is InChI=1S/C2H2I4/c1-3-2-5-6-4-1/h1-2H. The molecule has 0 N–H and O–H groups in total. The van der Waals surface area contributed by atoms with Gasteiger partial charge in [0.15, 0.2) is 0 Å². The molecule has 0 saturated heterocycles. The Morgan fingerprint density at radius 1 is 1.17 bits per heavy atom. The summed E-state index contributed by atoms with van der Waals surface area (Å²) < 4.78 is 5.27. The van der Waals surface area contributed by atoms with Crippen molar-refractivity contribution in [3.05, 3.63) is 0 Å². The highest BCUT2D eigenvalue weighted by atomic mass is 128. The number of halogens is 4. The summed E-state index contributed by atoms with van der Waals surface area (Å²) >= 11 is 2.97. The molecule has 1 aliphatic heterocycles. The van der Waals surface area contributed by atoms with E-state index in [0.717, 1.165) is 46.0 Å². The molecule has 0 aliphatic carbocycles. The number of rotatable bonds is 0. The van der Waals surface area contributed by atoms with Gasteiger partial charge in [-0.15, -0.1) is 0 Å². The summed E-state index contributed by atoms with van der Waals surface area (Å²) in [5.41, 5.74) is 0. The summed E-state index contributed by atoms with van der Waals surface area (Å²) in [6.07, 6.45) is 0. The minimum Gasteiger partial charge on any atom is -0.0803 e. The molecule has 6 heavy (non-hydrogen) atoms. The van der Waals surface area contributed by atoms with Crippen molar-refractivity contribution < 1.29 is 0 Å². The third-order valence-corrected chi connectivity index (χ3v) is 41.9. The molecule has 0 unspecified atom stereocenters. The normalized spacial score (nSPS) is 21.3. The lowest BCUT2D eigenvalue weighted by Crippen LogP contribution is -1.38. The average Bonchev–Trinajstić information content (AvgIpc) is 1.72. The van der Waals surface area contributed by atoms with Crippen LogP contribution in [0.1, 0.15) is 0 Å². The number of hydrogen-bond donors (Lipinski definition) is 0. The molecule has 0 nitrogen and oxygen atoms in total. The maximum atomic E-state index is 2.63. The molecule has 0 aromatic heterocycles. The van der Waals surface area contributed by atoms with Gasteiger partial charge in [-0.2, -0.15) is 0 Å². The van der Waals surface area contributed by atoms with Crippen LogP contribution in [0.25, 0.3) is 0 Å². The van der Waals surface area contributed by atoms with Gasteiger partial charge in [-0.1, -0.05) is 20.7 Å². The van der Waals surface area contributed by atoms with Crippen molar-refractivity contribution in [1.82, 2.24) is 0 Å². The van der Waals surface area contributed by atoms with Crippen LogP contribution in [0, 0.1) is 0 Å². The molecule has 4 heteroatoms. The van der Waals surface area contributed by atoms with E-state index in [1.165, 1.54) is 0 Å². The zero-order valence-electron chi connectivity index (χ0n) is 2.67. The van der Waals surface area contributed by atoms with Crippen LogP contribution in [0.2, 0.25) is 0 Å². The van der Waals surface area contributed by atoms with Crippen LogP contribution in [0.3, 0.4) is 0 Å². The first-order valence-electron chi connectivity index (χ1n) is 1.16. The summed E-state index contributed by atoms with van der Waals surface area (Å²) in [7, 11) is 0. The molecular weight excluding hydrogens is 532 g/mol. The lowest BCUT2D eigenvalue weighted by molar-refractivity contribution is 4.77. The Bertz CT molecular complexity index is 74.9. The predicted octanol–water partition coefficient (Wildman–Crippen LogP) is 3.23. The minimum atomic E-state index is 0.590. The quantitative estimate of drug-likeness (QED) is 0.420. The highest BCUT2D eigenvalue weighted by molar-refractivity contribution is 15.3. The van der Waals surface area contributed by atoms with E-state index >= 15 is 0 Å². The Morgan fingerprint density at radius 2 is 2.17 bits per heavy atom. The molecule has 1 heterocycles. The summed E-state index contributed by atoms with van der Waals surface area (Å²) in [6.45, 7) is 0. The molecule has 0 radical (unpaired) electrons. The van der Waals surface area contributed by atoms with E-state index in [-0.39, 0.29) is 0 Å². The van der Waals surface area contributed by atoms with Crippen molar-refractivity contribution in [2.75, 3.05) is 0 Å². The van der Waals surface area contributed by atoms with Gasteiger partial charge in [-0.25, -0.2) is 0 Å². The molecule has 0 saturated carbocycles. The molecule has 38 valence electrons. The molecule has 0 amide bonds. The van der Waals surface area contributed by atoms with Gasteiger partial charge in [0.1, 0.15) is 0 Å². The zero-order valence-corrected chi connectivity index (χ0v) is 11.3. The van der Waals surface area contributed by atoms with E-state index in [2.05, 4.69) is 4.04 Å².